The predicted molar refractivity (Wildman–Crippen MR) is 78.1 cm³/mol. The zero-order valence-corrected chi connectivity index (χ0v) is 13.7. The average Bonchev–Trinajstić information content (AvgIpc) is 2.68. The number of carbonyl (C=O) groups is 1. The Balaban J connectivity index is 2.28. The second kappa shape index (κ2) is 5.81. The molecule has 2 rings (SSSR count). The van der Waals surface area contributed by atoms with E-state index in [0.29, 0.717) is 17.2 Å². The highest BCUT2D eigenvalue weighted by atomic mass is 35.5. The van der Waals surface area contributed by atoms with Crippen LogP contribution in [0.15, 0.2) is 11.0 Å². The number of halogens is 2. The van der Waals surface area contributed by atoms with Crippen LogP contribution in [-0.4, -0.2) is 36.4 Å². The molecule has 2 atom stereocenters. The number of carboxylic acids is 1. The monoisotopic (exact) mass is 357 g/mol. The summed E-state index contributed by atoms with van der Waals surface area (Å²) in [7, 11) is -3.74. The quantitative estimate of drug-likeness (QED) is 0.902. The number of nitrogens with zero attached hydrogens (tertiary/aromatic N) is 1. The lowest BCUT2D eigenvalue weighted by Gasteiger charge is -2.34. The van der Waals surface area contributed by atoms with Crippen LogP contribution in [0.5, 0.6) is 0 Å². The van der Waals surface area contributed by atoms with Crippen LogP contribution >= 0.6 is 34.5 Å². The van der Waals surface area contributed by atoms with E-state index in [4.69, 9.17) is 28.3 Å². The number of sulfonamides is 1. The first-order chi connectivity index (χ1) is 9.23. The Morgan fingerprint density at radius 1 is 1.50 bits per heavy atom. The Kier molecular flexibility index (Phi) is 4.66. The van der Waals surface area contributed by atoms with Gasteiger partial charge in [-0.1, -0.05) is 23.2 Å². The smallest absolute Gasteiger partial charge is 0.306 e. The van der Waals surface area contributed by atoms with Crippen LogP contribution in [0.4, 0.5) is 0 Å². The highest BCUT2D eigenvalue weighted by Gasteiger charge is 2.38. The van der Waals surface area contributed by atoms with E-state index in [1.54, 1.807) is 6.92 Å². The number of hydrogen-bond acceptors (Lipinski definition) is 4. The molecule has 0 aliphatic carbocycles. The molecule has 0 bridgehead atoms. The molecule has 2 unspecified atom stereocenters. The molecule has 1 fully saturated rings. The Bertz CT molecular complexity index is 628. The Hall–Kier alpha value is -0.340. The van der Waals surface area contributed by atoms with Crippen molar-refractivity contribution >= 4 is 50.5 Å². The molecule has 0 radical (unpaired) electrons. The SMILES string of the molecule is CC1CC(C(=O)O)CCN1S(=O)(=O)c1cc(Cl)sc1Cl. The summed E-state index contributed by atoms with van der Waals surface area (Å²) in [5.74, 6) is -1.39. The summed E-state index contributed by atoms with van der Waals surface area (Å²) < 4.78 is 26.8. The van der Waals surface area contributed by atoms with E-state index in [-0.39, 0.29) is 21.8 Å². The Morgan fingerprint density at radius 2 is 2.15 bits per heavy atom. The predicted octanol–water partition coefficient (Wildman–Crippen LogP) is 2.93. The molecule has 1 aromatic rings. The summed E-state index contributed by atoms with van der Waals surface area (Å²) in [6, 6.07) is 0.949. The lowest BCUT2D eigenvalue weighted by atomic mass is 9.93. The van der Waals surface area contributed by atoms with Gasteiger partial charge in [-0.3, -0.25) is 4.79 Å². The van der Waals surface area contributed by atoms with Crippen molar-refractivity contribution < 1.29 is 18.3 Å². The summed E-state index contributed by atoms with van der Waals surface area (Å²) >= 11 is 12.7. The topological polar surface area (TPSA) is 74.7 Å². The zero-order chi connectivity index (χ0) is 15.1. The Labute approximate surface area is 131 Å². The van der Waals surface area contributed by atoms with Crippen LogP contribution in [0.2, 0.25) is 8.67 Å². The number of thiophene rings is 1. The molecule has 9 heteroatoms. The van der Waals surface area contributed by atoms with Gasteiger partial charge in [0.1, 0.15) is 9.23 Å². The molecular formula is C11H13Cl2NO4S2. The summed E-state index contributed by atoms with van der Waals surface area (Å²) in [5, 5.41) is 9.00. The molecule has 5 nitrogen and oxygen atoms in total. The molecule has 1 N–H and O–H groups in total. The maximum absolute atomic E-state index is 12.6. The van der Waals surface area contributed by atoms with E-state index in [1.165, 1.54) is 10.4 Å². The normalized spacial score (nSPS) is 24.8. The zero-order valence-electron chi connectivity index (χ0n) is 10.5. The number of aliphatic carboxylic acids is 1. The van der Waals surface area contributed by atoms with Crippen molar-refractivity contribution in [3.8, 4) is 0 Å². The fraction of sp³-hybridized carbons (Fsp3) is 0.545. The highest BCUT2D eigenvalue weighted by molar-refractivity contribution is 7.89. The van der Waals surface area contributed by atoms with E-state index in [0.717, 1.165) is 11.3 Å². The highest BCUT2D eigenvalue weighted by Crippen LogP contribution is 2.38. The van der Waals surface area contributed by atoms with Gasteiger partial charge in [0.05, 0.1) is 10.3 Å². The fourth-order valence-corrected chi connectivity index (χ4v) is 6.13. The molecule has 20 heavy (non-hydrogen) atoms. The number of hydrogen-bond donors (Lipinski definition) is 1. The van der Waals surface area contributed by atoms with Gasteiger partial charge in [-0.05, 0) is 25.8 Å². The minimum Gasteiger partial charge on any atom is -0.481 e. The standard InChI is InChI=1S/C11H13Cl2NO4S2/c1-6-4-7(11(15)16)2-3-14(6)20(17,18)8-5-9(12)19-10(8)13/h5-7H,2-4H2,1H3,(H,15,16). The molecule has 1 aromatic heterocycles. The van der Waals surface area contributed by atoms with Crippen LogP contribution in [0.25, 0.3) is 0 Å². The van der Waals surface area contributed by atoms with Crippen molar-refractivity contribution in [2.75, 3.05) is 6.54 Å². The molecule has 0 aromatic carbocycles. The number of piperidine rings is 1. The van der Waals surface area contributed by atoms with E-state index in [1.807, 2.05) is 0 Å². The first-order valence-electron chi connectivity index (χ1n) is 5.93. The molecule has 2 heterocycles. The lowest BCUT2D eigenvalue weighted by molar-refractivity contribution is -0.143. The third kappa shape index (κ3) is 2.96. The van der Waals surface area contributed by atoms with Crippen molar-refractivity contribution in [2.24, 2.45) is 5.92 Å². The van der Waals surface area contributed by atoms with Gasteiger partial charge in [0.25, 0.3) is 0 Å². The third-order valence-electron chi connectivity index (χ3n) is 3.38. The fourth-order valence-electron chi connectivity index (χ4n) is 2.36. The van der Waals surface area contributed by atoms with Gasteiger partial charge >= 0.3 is 5.97 Å². The average molecular weight is 358 g/mol. The van der Waals surface area contributed by atoms with Crippen molar-refractivity contribution in [1.82, 2.24) is 4.31 Å². The number of carboxylic acid groups (broad SMARTS) is 1. The Morgan fingerprint density at radius 3 is 2.60 bits per heavy atom. The van der Waals surface area contributed by atoms with Crippen LogP contribution in [0.1, 0.15) is 19.8 Å². The van der Waals surface area contributed by atoms with Gasteiger partial charge < -0.3 is 5.11 Å². The van der Waals surface area contributed by atoms with Gasteiger partial charge in [0.2, 0.25) is 10.0 Å². The van der Waals surface area contributed by atoms with Crippen molar-refractivity contribution in [1.29, 1.82) is 0 Å². The first-order valence-corrected chi connectivity index (χ1v) is 8.94. The van der Waals surface area contributed by atoms with Gasteiger partial charge in [-0.15, -0.1) is 11.3 Å². The molecule has 1 saturated heterocycles. The number of rotatable bonds is 3. The molecule has 0 amide bonds. The summed E-state index contributed by atoms with van der Waals surface area (Å²) in [5.41, 5.74) is 0. The van der Waals surface area contributed by atoms with Crippen LogP contribution in [-0.2, 0) is 14.8 Å². The largest absolute Gasteiger partial charge is 0.481 e. The van der Waals surface area contributed by atoms with Crippen LogP contribution in [0.3, 0.4) is 0 Å². The van der Waals surface area contributed by atoms with Crippen molar-refractivity contribution in [3.63, 3.8) is 0 Å². The molecular weight excluding hydrogens is 345 g/mol. The minimum atomic E-state index is -3.74. The van der Waals surface area contributed by atoms with Gasteiger partial charge in [-0.2, -0.15) is 4.31 Å². The second-order valence-electron chi connectivity index (χ2n) is 4.71. The van der Waals surface area contributed by atoms with Crippen molar-refractivity contribution in [2.45, 2.75) is 30.7 Å². The molecule has 1 aliphatic heterocycles. The summed E-state index contributed by atoms with van der Waals surface area (Å²) in [4.78, 5) is 11.0. The van der Waals surface area contributed by atoms with Gasteiger partial charge in [0.15, 0.2) is 0 Å². The van der Waals surface area contributed by atoms with Crippen LogP contribution in [0, 0.1) is 5.92 Å². The first kappa shape index (κ1) is 16.0. The van der Waals surface area contributed by atoms with E-state index >= 15 is 0 Å². The second-order valence-corrected chi connectivity index (χ2v) is 8.86. The molecule has 0 spiro atoms. The van der Waals surface area contributed by atoms with Crippen molar-refractivity contribution in [3.05, 3.63) is 14.7 Å². The van der Waals surface area contributed by atoms with Crippen LogP contribution < -0.4 is 0 Å². The third-order valence-corrected chi connectivity index (χ3v) is 7.14. The van der Waals surface area contributed by atoms with Gasteiger partial charge in [0, 0.05) is 12.6 Å². The molecule has 0 saturated carbocycles. The molecule has 1 aliphatic rings. The maximum Gasteiger partial charge on any atom is 0.306 e. The molecule has 112 valence electrons. The van der Waals surface area contributed by atoms with E-state index in [9.17, 15) is 13.2 Å². The summed E-state index contributed by atoms with van der Waals surface area (Å²) in [6.45, 7) is 1.87. The summed E-state index contributed by atoms with van der Waals surface area (Å²) in [6.07, 6.45) is 0.596. The van der Waals surface area contributed by atoms with E-state index < -0.39 is 21.9 Å². The maximum atomic E-state index is 12.6. The van der Waals surface area contributed by atoms with E-state index in [2.05, 4.69) is 0 Å². The lowest BCUT2D eigenvalue weighted by Crippen LogP contribution is -2.45. The minimum absolute atomic E-state index is 0.00482. The van der Waals surface area contributed by atoms with Gasteiger partial charge in [-0.25, -0.2) is 8.42 Å².